The molecule has 0 spiro atoms. The van der Waals surface area contributed by atoms with Crippen LogP contribution in [0.3, 0.4) is 0 Å². The molecule has 1 saturated carbocycles. The highest BCUT2D eigenvalue weighted by Gasteiger charge is 2.67. The van der Waals surface area contributed by atoms with Crippen LogP contribution in [-0.2, 0) is 33.4 Å². The molecule has 4 rings (SSSR count). The maximum absolute atomic E-state index is 13.8. The van der Waals surface area contributed by atoms with Crippen molar-refractivity contribution in [3.8, 4) is 0 Å². The minimum Gasteiger partial charge on any atom is -0.457 e. The van der Waals surface area contributed by atoms with Gasteiger partial charge >= 0.3 is 11.9 Å². The Morgan fingerprint density at radius 1 is 1.06 bits per heavy atom. The Labute approximate surface area is 199 Å². The van der Waals surface area contributed by atoms with Crippen LogP contribution in [-0.4, -0.2) is 41.5 Å². The van der Waals surface area contributed by atoms with Crippen molar-refractivity contribution in [2.24, 2.45) is 16.7 Å². The number of ketones is 3. The van der Waals surface area contributed by atoms with Gasteiger partial charge in [0.15, 0.2) is 23.8 Å². The molecular formula is C27H32O7. The van der Waals surface area contributed by atoms with Crippen LogP contribution in [0.2, 0.25) is 0 Å². The summed E-state index contributed by atoms with van der Waals surface area (Å²) in [5.74, 6) is -1.77. The van der Waals surface area contributed by atoms with E-state index in [1.54, 1.807) is 19.9 Å². The lowest BCUT2D eigenvalue weighted by molar-refractivity contribution is -0.185. The first-order valence-electron chi connectivity index (χ1n) is 12.1. The van der Waals surface area contributed by atoms with Gasteiger partial charge in [0, 0.05) is 35.7 Å². The predicted molar refractivity (Wildman–Crippen MR) is 122 cm³/mol. The first-order chi connectivity index (χ1) is 16.0. The van der Waals surface area contributed by atoms with Crippen molar-refractivity contribution in [1.82, 2.24) is 0 Å². The van der Waals surface area contributed by atoms with Crippen LogP contribution in [0.1, 0.15) is 72.6 Å². The van der Waals surface area contributed by atoms with Crippen LogP contribution in [0.4, 0.5) is 0 Å². The summed E-state index contributed by atoms with van der Waals surface area (Å²) in [6.45, 7) is 6.65. The molecule has 0 unspecified atom stereocenters. The van der Waals surface area contributed by atoms with E-state index in [2.05, 4.69) is 0 Å². The van der Waals surface area contributed by atoms with Gasteiger partial charge in [0.05, 0.1) is 0 Å². The summed E-state index contributed by atoms with van der Waals surface area (Å²) in [5, 5.41) is 0. The molecule has 7 heteroatoms. The molecule has 4 atom stereocenters. The zero-order chi connectivity index (χ0) is 24.9. The monoisotopic (exact) mass is 468 g/mol. The van der Waals surface area contributed by atoms with Crippen molar-refractivity contribution in [1.29, 1.82) is 0 Å². The number of fused-ring (bicyclic) bond motifs is 4. The molecule has 0 aromatic carbocycles. The molecule has 0 N–H and O–H groups in total. The van der Waals surface area contributed by atoms with Gasteiger partial charge in [-0.25, -0.2) is 0 Å². The molecule has 0 aromatic rings. The van der Waals surface area contributed by atoms with Crippen LogP contribution in [0.5, 0.6) is 0 Å². The molecule has 0 bridgehead atoms. The van der Waals surface area contributed by atoms with Crippen LogP contribution in [0.25, 0.3) is 0 Å². The van der Waals surface area contributed by atoms with E-state index in [0.29, 0.717) is 19.3 Å². The molecule has 182 valence electrons. The molecule has 34 heavy (non-hydrogen) atoms. The van der Waals surface area contributed by atoms with Gasteiger partial charge < -0.3 is 9.47 Å². The lowest BCUT2D eigenvalue weighted by atomic mass is 9.53. The van der Waals surface area contributed by atoms with E-state index in [-0.39, 0.29) is 43.2 Å². The largest absolute Gasteiger partial charge is 0.457 e. The Kier molecular flexibility index (Phi) is 6.03. The van der Waals surface area contributed by atoms with Crippen LogP contribution < -0.4 is 0 Å². The van der Waals surface area contributed by atoms with Gasteiger partial charge in [-0.05, 0) is 50.7 Å². The zero-order valence-corrected chi connectivity index (χ0v) is 20.3. The average Bonchev–Trinajstić information content (AvgIpc) is 3.09. The topological polar surface area (TPSA) is 104 Å². The average molecular weight is 469 g/mol. The van der Waals surface area contributed by atoms with Crippen molar-refractivity contribution in [2.75, 3.05) is 6.61 Å². The van der Waals surface area contributed by atoms with E-state index in [1.807, 2.05) is 19.9 Å². The maximum Gasteiger partial charge on any atom is 0.306 e. The lowest BCUT2D eigenvalue weighted by Crippen LogP contribution is -2.58. The highest BCUT2D eigenvalue weighted by Crippen LogP contribution is 2.64. The number of hydrogen-bond donors (Lipinski definition) is 0. The first kappa shape index (κ1) is 24.3. The normalized spacial score (nSPS) is 34.1. The van der Waals surface area contributed by atoms with Gasteiger partial charge in [-0.1, -0.05) is 38.0 Å². The number of carbonyl (C=O) groups excluding carboxylic acids is 5. The second kappa shape index (κ2) is 8.43. The highest BCUT2D eigenvalue weighted by molar-refractivity contribution is 6.06. The van der Waals surface area contributed by atoms with E-state index < -0.39 is 40.8 Å². The fourth-order valence-corrected chi connectivity index (χ4v) is 6.64. The summed E-state index contributed by atoms with van der Waals surface area (Å²) in [6.07, 6.45) is 7.42. The molecule has 0 saturated heterocycles. The molecule has 0 heterocycles. The fraction of sp³-hybridized carbons (Fsp3) is 0.593. The third kappa shape index (κ3) is 3.43. The molecule has 0 amide bonds. The molecule has 0 radical (unpaired) electrons. The van der Waals surface area contributed by atoms with Crippen LogP contribution in [0.15, 0.2) is 34.9 Å². The molecule has 0 aromatic heterocycles. The Hall–Kier alpha value is -2.83. The molecule has 7 nitrogen and oxygen atoms in total. The summed E-state index contributed by atoms with van der Waals surface area (Å²) >= 11 is 0. The summed E-state index contributed by atoms with van der Waals surface area (Å²) in [4.78, 5) is 63.5. The lowest BCUT2D eigenvalue weighted by Gasteiger charge is -2.51. The van der Waals surface area contributed by atoms with E-state index >= 15 is 0 Å². The zero-order valence-electron chi connectivity index (χ0n) is 20.3. The molecular weight excluding hydrogens is 436 g/mol. The van der Waals surface area contributed by atoms with Gasteiger partial charge in [-0.2, -0.15) is 0 Å². The van der Waals surface area contributed by atoms with E-state index in [9.17, 15) is 24.0 Å². The summed E-state index contributed by atoms with van der Waals surface area (Å²) < 4.78 is 11.0. The van der Waals surface area contributed by atoms with Crippen LogP contribution >= 0.6 is 0 Å². The van der Waals surface area contributed by atoms with E-state index in [4.69, 9.17) is 9.47 Å². The number of esters is 2. The second-order valence-electron chi connectivity index (χ2n) is 10.2. The van der Waals surface area contributed by atoms with Gasteiger partial charge in [0.25, 0.3) is 0 Å². The first-order valence-corrected chi connectivity index (χ1v) is 12.1. The predicted octanol–water partition coefficient (Wildman–Crippen LogP) is 3.75. The van der Waals surface area contributed by atoms with Gasteiger partial charge in [0.2, 0.25) is 5.78 Å². The summed E-state index contributed by atoms with van der Waals surface area (Å²) in [6, 6.07) is 0. The standard InChI is InChI=1S/C27H32O7/c1-5-22(31)33-15-21(30)27(34-23(32)6-2)12-10-19-18-8-7-16-13-17(28)9-11-25(16,3)24(18)20(29)14-26(19,27)4/h9,11,13,19H,5-8,10,12,14-15H2,1-4H3/t19-,25-,26-,27-/m0/s1. The summed E-state index contributed by atoms with van der Waals surface area (Å²) in [5.41, 5.74) is -0.424. The highest BCUT2D eigenvalue weighted by atomic mass is 16.6. The van der Waals surface area contributed by atoms with Gasteiger partial charge in [0.1, 0.15) is 0 Å². The third-order valence-corrected chi connectivity index (χ3v) is 8.45. The van der Waals surface area contributed by atoms with Crippen LogP contribution in [0, 0.1) is 16.7 Å². The number of allylic oxidation sites excluding steroid dienone is 6. The molecule has 4 aliphatic rings. The molecule has 1 fully saturated rings. The number of Topliss-reactive ketones (excluding diaryl/α,β-unsaturated/α-hetero) is 2. The van der Waals surface area contributed by atoms with E-state index in [1.165, 1.54) is 6.08 Å². The minimum atomic E-state index is -1.53. The Morgan fingerprint density at radius 2 is 1.76 bits per heavy atom. The van der Waals surface area contributed by atoms with Gasteiger partial charge in [-0.3, -0.25) is 24.0 Å². The second-order valence-corrected chi connectivity index (χ2v) is 10.2. The molecule has 4 aliphatic carbocycles. The summed E-state index contributed by atoms with van der Waals surface area (Å²) in [7, 11) is 0. The number of ether oxygens (including phenoxy) is 2. The number of carbonyl (C=O) groups is 5. The maximum atomic E-state index is 13.8. The van der Waals surface area contributed by atoms with E-state index in [0.717, 1.165) is 16.7 Å². The third-order valence-electron chi connectivity index (χ3n) is 8.45. The van der Waals surface area contributed by atoms with Crippen molar-refractivity contribution >= 4 is 29.3 Å². The number of rotatable bonds is 6. The van der Waals surface area contributed by atoms with Crippen molar-refractivity contribution in [3.05, 3.63) is 34.9 Å². The Balaban J connectivity index is 1.78. The molecule has 0 aliphatic heterocycles. The quantitative estimate of drug-likeness (QED) is 0.547. The van der Waals surface area contributed by atoms with Crippen molar-refractivity contribution < 1.29 is 33.4 Å². The van der Waals surface area contributed by atoms with Gasteiger partial charge in [-0.15, -0.1) is 0 Å². The number of hydrogen-bond acceptors (Lipinski definition) is 7. The minimum absolute atomic E-state index is 0.0472. The Bertz CT molecular complexity index is 1080. The van der Waals surface area contributed by atoms with Crippen molar-refractivity contribution in [2.45, 2.75) is 78.2 Å². The van der Waals surface area contributed by atoms with Crippen molar-refractivity contribution in [3.63, 3.8) is 0 Å². The Morgan fingerprint density at radius 3 is 2.44 bits per heavy atom. The SMILES string of the molecule is CCC(=O)OCC(=O)[C@@]1(OC(=O)CC)CC[C@H]2C3=C(C(=O)C[C@@]21C)[C@@]1(C)C=CC(=O)C=C1CC3. The fourth-order valence-electron chi connectivity index (χ4n) is 6.64. The smallest absolute Gasteiger partial charge is 0.306 e.